The molecule has 0 atom stereocenters. The van der Waals surface area contributed by atoms with Gasteiger partial charge in [-0.25, -0.2) is 5.43 Å². The van der Waals surface area contributed by atoms with Crippen molar-refractivity contribution in [3.8, 4) is 0 Å². The van der Waals surface area contributed by atoms with Crippen LogP contribution in [0.5, 0.6) is 0 Å². The molecule has 0 aliphatic carbocycles. The molecule has 0 saturated carbocycles. The van der Waals surface area contributed by atoms with Crippen LogP contribution < -0.4 is 5.43 Å². The van der Waals surface area contributed by atoms with Gasteiger partial charge in [0, 0.05) is 22.2 Å². The lowest BCUT2D eigenvalue weighted by atomic mass is 10.2. The summed E-state index contributed by atoms with van der Waals surface area (Å²) >= 11 is 2.24. The number of nitrogens with zero attached hydrogens (tertiary/aromatic N) is 1. The van der Waals surface area contributed by atoms with E-state index in [1.165, 1.54) is 6.42 Å². The Morgan fingerprint density at radius 3 is 2.69 bits per heavy atom. The van der Waals surface area contributed by atoms with Crippen molar-refractivity contribution in [1.82, 2.24) is 10.4 Å². The first kappa shape index (κ1) is 11.9. The molecular weight excluding hydrogens is 315 g/mol. The lowest BCUT2D eigenvalue weighted by Crippen LogP contribution is -2.42. The quantitative estimate of drug-likeness (QED) is 0.802. The van der Waals surface area contributed by atoms with Gasteiger partial charge in [-0.1, -0.05) is 6.42 Å². The topological polar surface area (TPSA) is 32.3 Å². The molecule has 86 valence electrons. The molecule has 2 rings (SSSR count). The predicted molar refractivity (Wildman–Crippen MR) is 72.0 cm³/mol. The molecule has 1 aromatic carbocycles. The average molecular weight is 330 g/mol. The highest BCUT2D eigenvalue weighted by Gasteiger charge is 2.16. The third-order valence-corrected chi connectivity index (χ3v) is 3.42. The van der Waals surface area contributed by atoms with Crippen molar-refractivity contribution in [3.63, 3.8) is 0 Å². The average Bonchev–Trinajstić information content (AvgIpc) is 2.57. The largest absolute Gasteiger partial charge is 0.274 e. The normalized spacial score (nSPS) is 16.9. The van der Waals surface area contributed by atoms with Crippen molar-refractivity contribution in [1.29, 1.82) is 0 Å². The number of halogens is 1. The van der Waals surface area contributed by atoms with Crippen LogP contribution in [-0.2, 0) is 0 Å². The van der Waals surface area contributed by atoms with Crippen LogP contribution in [0.25, 0.3) is 0 Å². The van der Waals surface area contributed by atoms with Crippen molar-refractivity contribution in [2.24, 2.45) is 0 Å². The number of rotatable bonds is 1. The van der Waals surface area contributed by atoms with Gasteiger partial charge in [0.1, 0.15) is 0 Å². The summed E-state index contributed by atoms with van der Waals surface area (Å²) in [4.78, 5) is 12.1. The number of hydrogen-bond donors (Lipinski definition) is 1. The van der Waals surface area contributed by atoms with E-state index in [4.69, 9.17) is 0 Å². The van der Waals surface area contributed by atoms with E-state index in [9.17, 15) is 4.79 Å². The Morgan fingerprint density at radius 2 is 1.94 bits per heavy atom. The molecule has 1 saturated heterocycles. The number of benzene rings is 1. The maximum Gasteiger partial charge on any atom is 0.267 e. The summed E-state index contributed by atoms with van der Waals surface area (Å²) in [5.41, 5.74) is 3.94. The van der Waals surface area contributed by atoms with Crippen LogP contribution in [0.15, 0.2) is 24.3 Å². The van der Waals surface area contributed by atoms with Gasteiger partial charge >= 0.3 is 0 Å². The van der Waals surface area contributed by atoms with Crippen LogP contribution in [0.2, 0.25) is 0 Å². The van der Waals surface area contributed by atoms with Crippen LogP contribution in [0.1, 0.15) is 29.6 Å². The Balaban J connectivity index is 2.08. The Kier molecular flexibility index (Phi) is 4.17. The Hall–Kier alpha value is -0.620. The van der Waals surface area contributed by atoms with Crippen molar-refractivity contribution < 1.29 is 4.79 Å². The van der Waals surface area contributed by atoms with Gasteiger partial charge in [0.25, 0.3) is 5.91 Å². The molecule has 4 heteroatoms. The highest BCUT2D eigenvalue weighted by Crippen LogP contribution is 2.10. The lowest BCUT2D eigenvalue weighted by Gasteiger charge is -2.20. The van der Waals surface area contributed by atoms with Crippen LogP contribution >= 0.6 is 22.6 Å². The molecule has 0 unspecified atom stereocenters. The Labute approximate surface area is 109 Å². The fourth-order valence-corrected chi connectivity index (χ4v) is 2.15. The zero-order chi connectivity index (χ0) is 11.4. The molecule has 1 amide bonds. The molecular formula is C12H15IN2O. The van der Waals surface area contributed by atoms with Gasteiger partial charge < -0.3 is 0 Å². The molecule has 0 radical (unpaired) electrons. The first-order valence-electron chi connectivity index (χ1n) is 5.58. The van der Waals surface area contributed by atoms with E-state index in [2.05, 4.69) is 28.0 Å². The van der Waals surface area contributed by atoms with Crippen LogP contribution in [0.4, 0.5) is 0 Å². The van der Waals surface area contributed by atoms with Crippen molar-refractivity contribution in [2.75, 3.05) is 13.1 Å². The molecule has 1 aliphatic heterocycles. The molecule has 1 heterocycles. The van der Waals surface area contributed by atoms with Gasteiger partial charge in [0.05, 0.1) is 0 Å². The van der Waals surface area contributed by atoms with Crippen LogP contribution in [0, 0.1) is 3.57 Å². The van der Waals surface area contributed by atoms with Crippen molar-refractivity contribution in [2.45, 2.75) is 19.3 Å². The summed E-state index contributed by atoms with van der Waals surface area (Å²) in [6, 6.07) is 7.70. The fourth-order valence-electron chi connectivity index (χ4n) is 1.79. The van der Waals surface area contributed by atoms with E-state index >= 15 is 0 Å². The van der Waals surface area contributed by atoms with Crippen LogP contribution in [0.3, 0.4) is 0 Å². The molecule has 1 aliphatic rings. The molecule has 16 heavy (non-hydrogen) atoms. The zero-order valence-corrected chi connectivity index (χ0v) is 11.2. The van der Waals surface area contributed by atoms with E-state index < -0.39 is 0 Å². The Morgan fingerprint density at radius 1 is 1.19 bits per heavy atom. The molecule has 0 aromatic heterocycles. The summed E-state index contributed by atoms with van der Waals surface area (Å²) in [6.45, 7) is 1.71. The molecule has 0 bridgehead atoms. The summed E-state index contributed by atoms with van der Waals surface area (Å²) in [6.07, 6.45) is 3.43. The highest BCUT2D eigenvalue weighted by atomic mass is 127. The molecule has 3 nitrogen and oxygen atoms in total. The molecule has 1 aromatic rings. The standard InChI is InChI=1S/C12H15IN2O/c13-11-6-4-10(5-7-11)12(16)15-9-3-1-2-8-14-15/h4-7,14H,1-3,8-9H2. The van der Waals surface area contributed by atoms with Crippen molar-refractivity contribution in [3.05, 3.63) is 33.4 Å². The minimum atomic E-state index is 0.0818. The predicted octanol–water partition coefficient (Wildman–Crippen LogP) is 2.42. The summed E-state index contributed by atoms with van der Waals surface area (Å²) in [5.74, 6) is 0.0818. The third kappa shape index (κ3) is 2.95. The fraction of sp³-hybridized carbons (Fsp3) is 0.417. The Bertz CT molecular complexity index is 356. The first-order chi connectivity index (χ1) is 7.77. The smallest absolute Gasteiger partial charge is 0.267 e. The number of hydrogen-bond acceptors (Lipinski definition) is 2. The molecule has 1 N–H and O–H groups in total. The second-order valence-corrected chi connectivity index (χ2v) is 5.18. The number of carbonyl (C=O) groups excluding carboxylic acids is 1. The second kappa shape index (κ2) is 5.63. The molecule has 0 spiro atoms. The highest BCUT2D eigenvalue weighted by molar-refractivity contribution is 14.1. The number of carbonyl (C=O) groups is 1. The SMILES string of the molecule is O=C(c1ccc(I)cc1)N1CCCCCN1. The number of hydrazine groups is 1. The van der Waals surface area contributed by atoms with E-state index in [0.29, 0.717) is 0 Å². The van der Waals surface area contributed by atoms with Crippen molar-refractivity contribution >= 4 is 28.5 Å². The van der Waals surface area contributed by atoms with Gasteiger partial charge in [0.15, 0.2) is 0 Å². The first-order valence-corrected chi connectivity index (χ1v) is 6.66. The molecule has 1 fully saturated rings. The minimum Gasteiger partial charge on any atom is -0.274 e. The minimum absolute atomic E-state index is 0.0818. The number of amides is 1. The lowest BCUT2D eigenvalue weighted by molar-refractivity contribution is 0.0673. The van der Waals surface area contributed by atoms with Gasteiger partial charge in [-0.05, 0) is 59.7 Å². The van der Waals surface area contributed by atoms with E-state index in [0.717, 1.165) is 35.1 Å². The summed E-state index contributed by atoms with van der Waals surface area (Å²) in [5, 5.41) is 1.75. The van der Waals surface area contributed by atoms with Gasteiger partial charge in [-0.3, -0.25) is 9.80 Å². The number of nitrogens with one attached hydrogen (secondary N) is 1. The van der Waals surface area contributed by atoms with Gasteiger partial charge in [-0.15, -0.1) is 0 Å². The van der Waals surface area contributed by atoms with Gasteiger partial charge in [0.2, 0.25) is 0 Å². The summed E-state index contributed by atoms with van der Waals surface area (Å²) < 4.78 is 1.15. The van der Waals surface area contributed by atoms with E-state index in [1.807, 2.05) is 24.3 Å². The monoisotopic (exact) mass is 330 g/mol. The second-order valence-electron chi connectivity index (χ2n) is 3.93. The maximum absolute atomic E-state index is 12.1. The van der Waals surface area contributed by atoms with Crippen LogP contribution in [-0.4, -0.2) is 24.0 Å². The maximum atomic E-state index is 12.1. The zero-order valence-electron chi connectivity index (χ0n) is 9.08. The third-order valence-electron chi connectivity index (χ3n) is 2.70. The van der Waals surface area contributed by atoms with E-state index in [1.54, 1.807) is 5.01 Å². The summed E-state index contributed by atoms with van der Waals surface area (Å²) in [7, 11) is 0. The van der Waals surface area contributed by atoms with Gasteiger partial charge in [-0.2, -0.15) is 0 Å². The van der Waals surface area contributed by atoms with E-state index in [-0.39, 0.29) is 5.91 Å².